The number of benzene rings is 2. The Morgan fingerprint density at radius 2 is 1.68 bits per heavy atom. The van der Waals surface area contributed by atoms with Crippen molar-refractivity contribution in [1.29, 1.82) is 0 Å². The largest absolute Gasteiger partial charge is 0.322 e. The highest BCUT2D eigenvalue weighted by molar-refractivity contribution is 8.13. The molecular formula is C17H17ClFN2S+. The molecule has 2 nitrogen and oxygen atoms in total. The van der Waals surface area contributed by atoms with Crippen LogP contribution in [0.2, 0.25) is 0 Å². The molecule has 3 rings (SSSR count). The molecule has 22 heavy (non-hydrogen) atoms. The Bertz CT molecular complexity index is 698. The van der Waals surface area contributed by atoms with Gasteiger partial charge in [-0.2, -0.15) is 0 Å². The maximum atomic E-state index is 13.1. The molecule has 0 radical (unpaired) electrons. The average Bonchev–Trinajstić information content (AvgIpc) is 2.52. The summed E-state index contributed by atoms with van der Waals surface area (Å²) in [7, 11) is 0. The zero-order chi connectivity index (χ0) is 15.7. The van der Waals surface area contributed by atoms with Crippen LogP contribution in [0.5, 0.6) is 0 Å². The minimum atomic E-state index is -0.226. The van der Waals surface area contributed by atoms with Crippen LogP contribution in [0.4, 0.5) is 4.39 Å². The minimum Gasteiger partial charge on any atom is -0.280 e. The summed E-state index contributed by atoms with van der Waals surface area (Å²) in [6.07, 6.45) is 0.823. The summed E-state index contributed by atoms with van der Waals surface area (Å²) >= 11 is 7.90. The summed E-state index contributed by atoms with van der Waals surface area (Å²) < 4.78 is 14.7. The van der Waals surface area contributed by atoms with E-state index < -0.39 is 0 Å². The van der Waals surface area contributed by atoms with Gasteiger partial charge in [-0.25, -0.2) is 4.39 Å². The van der Waals surface area contributed by atoms with Crippen LogP contribution >= 0.6 is 23.5 Å². The summed E-state index contributed by atoms with van der Waals surface area (Å²) in [5.41, 5.74) is 9.50. The number of hydrogen-bond donors (Lipinski definition) is 1. The number of halogens is 2. The second-order valence-electron chi connectivity index (χ2n) is 5.47. The molecule has 0 saturated carbocycles. The van der Waals surface area contributed by atoms with Crippen molar-refractivity contribution in [1.82, 2.24) is 0 Å². The van der Waals surface area contributed by atoms with Crippen LogP contribution in [0.1, 0.15) is 34.4 Å². The Balaban J connectivity index is 1.92. The molecule has 2 atom stereocenters. The fraction of sp³-hybridized carbons (Fsp3) is 0.235. The fourth-order valence-electron chi connectivity index (χ4n) is 2.63. The van der Waals surface area contributed by atoms with Crippen molar-refractivity contribution in [2.24, 2.45) is 5.73 Å². The number of rotatable bonds is 2. The highest BCUT2D eigenvalue weighted by Gasteiger charge is 2.34. The first-order valence-electron chi connectivity index (χ1n) is 7.10. The zero-order valence-corrected chi connectivity index (χ0v) is 13.7. The lowest BCUT2D eigenvalue weighted by atomic mass is 9.98. The van der Waals surface area contributed by atoms with Gasteiger partial charge in [0, 0.05) is 11.7 Å². The normalized spacial score (nSPS) is 22.0. The van der Waals surface area contributed by atoms with Crippen molar-refractivity contribution in [3.8, 4) is 0 Å². The first-order chi connectivity index (χ1) is 10.5. The van der Waals surface area contributed by atoms with Gasteiger partial charge in [0.2, 0.25) is 0 Å². The number of hydrogen-bond acceptors (Lipinski definition) is 2. The molecule has 0 aliphatic carbocycles. The van der Waals surface area contributed by atoms with Gasteiger partial charge in [0.25, 0.3) is 0 Å². The smallest absolute Gasteiger partial charge is 0.280 e. The monoisotopic (exact) mass is 335 g/mol. The maximum Gasteiger partial charge on any atom is 0.322 e. The van der Waals surface area contributed by atoms with Crippen LogP contribution < -0.4 is 5.73 Å². The molecule has 0 spiro atoms. The third-order valence-electron chi connectivity index (χ3n) is 3.89. The fourth-order valence-corrected chi connectivity index (χ4v) is 4.03. The Labute approximate surface area is 138 Å². The van der Waals surface area contributed by atoms with Crippen LogP contribution in [-0.2, 0) is 0 Å². The van der Waals surface area contributed by atoms with Crippen molar-refractivity contribution in [2.45, 2.75) is 24.6 Å². The predicted molar refractivity (Wildman–Crippen MR) is 90.6 cm³/mol. The predicted octanol–water partition coefficient (Wildman–Crippen LogP) is 4.53. The molecule has 0 saturated heterocycles. The van der Waals surface area contributed by atoms with Crippen LogP contribution in [0.25, 0.3) is 0 Å². The summed E-state index contributed by atoms with van der Waals surface area (Å²) in [5, 5.41) is 0.745. The van der Waals surface area contributed by atoms with E-state index in [0.717, 1.165) is 17.5 Å². The molecule has 0 amide bonds. The van der Waals surface area contributed by atoms with E-state index in [0.29, 0.717) is 5.17 Å². The van der Waals surface area contributed by atoms with E-state index in [-0.39, 0.29) is 17.1 Å². The Morgan fingerprint density at radius 3 is 2.32 bits per heavy atom. The lowest BCUT2D eigenvalue weighted by Crippen LogP contribution is -2.29. The molecule has 1 aliphatic rings. The van der Waals surface area contributed by atoms with Crippen molar-refractivity contribution in [2.75, 3.05) is 0 Å². The minimum absolute atomic E-state index is 0.0126. The molecular weight excluding hydrogens is 319 g/mol. The van der Waals surface area contributed by atoms with Crippen molar-refractivity contribution < 1.29 is 8.49 Å². The Kier molecular flexibility index (Phi) is 4.41. The number of nitrogens with two attached hydrogens (primary N) is 1. The van der Waals surface area contributed by atoms with E-state index in [4.69, 9.17) is 17.5 Å². The first kappa shape index (κ1) is 15.4. The zero-order valence-electron chi connectivity index (χ0n) is 12.2. The third kappa shape index (κ3) is 3.13. The molecule has 0 aromatic heterocycles. The molecule has 0 fully saturated rings. The number of nitrogens with zero attached hydrogens (tertiary/aromatic N) is 1. The molecule has 5 heteroatoms. The summed E-state index contributed by atoms with van der Waals surface area (Å²) in [6, 6.07) is 14.9. The maximum absolute atomic E-state index is 13.1. The second kappa shape index (κ2) is 6.31. The Morgan fingerprint density at radius 1 is 1.09 bits per heavy atom. The van der Waals surface area contributed by atoms with Crippen molar-refractivity contribution >= 4 is 28.7 Å². The first-order valence-corrected chi connectivity index (χ1v) is 8.32. The van der Waals surface area contributed by atoms with Gasteiger partial charge in [-0.15, -0.1) is 4.09 Å². The third-order valence-corrected chi connectivity index (χ3v) is 5.59. The van der Waals surface area contributed by atoms with Crippen LogP contribution in [0.15, 0.2) is 48.5 Å². The highest BCUT2D eigenvalue weighted by atomic mass is 35.5. The second-order valence-corrected chi connectivity index (χ2v) is 7.06. The Hall–Kier alpha value is -1.52. The average molecular weight is 336 g/mol. The van der Waals surface area contributed by atoms with E-state index in [1.807, 2.05) is 12.1 Å². The highest BCUT2D eigenvalue weighted by Crippen LogP contribution is 2.43. The van der Waals surface area contributed by atoms with Gasteiger partial charge in [-0.05, 0) is 41.9 Å². The summed E-state index contributed by atoms with van der Waals surface area (Å²) in [4.78, 5) is 0. The van der Waals surface area contributed by atoms with Gasteiger partial charge in [0.1, 0.15) is 23.6 Å². The molecule has 1 heterocycles. The van der Waals surface area contributed by atoms with Crippen molar-refractivity contribution in [3.63, 3.8) is 0 Å². The van der Waals surface area contributed by atoms with Gasteiger partial charge in [-0.1, -0.05) is 42.0 Å². The lowest BCUT2D eigenvalue weighted by molar-refractivity contribution is -0.429. The van der Waals surface area contributed by atoms with E-state index in [1.54, 1.807) is 4.09 Å². The van der Waals surface area contributed by atoms with Crippen LogP contribution in [-0.4, -0.2) is 9.26 Å². The molecule has 2 aromatic rings. The molecule has 2 N–H and O–H groups in total. The van der Waals surface area contributed by atoms with Gasteiger partial charge in [0.15, 0.2) is 0 Å². The molecule has 2 aromatic carbocycles. The van der Waals surface area contributed by atoms with Crippen LogP contribution in [0.3, 0.4) is 0 Å². The number of amidine groups is 1. The van der Waals surface area contributed by atoms with E-state index in [2.05, 4.69) is 31.2 Å². The molecule has 0 unspecified atom stereocenters. The van der Waals surface area contributed by atoms with Gasteiger partial charge in [0.05, 0.1) is 0 Å². The van der Waals surface area contributed by atoms with E-state index >= 15 is 0 Å². The summed E-state index contributed by atoms with van der Waals surface area (Å²) in [6.45, 7) is 2.06. The number of aryl methyl sites for hydroxylation is 1. The van der Waals surface area contributed by atoms with Gasteiger partial charge < -0.3 is 0 Å². The van der Waals surface area contributed by atoms with Gasteiger partial charge in [-0.3, -0.25) is 5.73 Å². The molecule has 114 valence electrons. The quantitative estimate of drug-likeness (QED) is 0.817. The molecule has 0 bridgehead atoms. The van der Waals surface area contributed by atoms with E-state index in [9.17, 15) is 4.39 Å². The number of thioether (sulfide) groups is 1. The SMILES string of the molecule is Cc1ccc([C@@H]2C[C@H](c3ccc(F)cc3)SC(N)=[N+]2Cl)cc1. The van der Waals surface area contributed by atoms with E-state index in [1.165, 1.54) is 29.5 Å². The molecule has 1 aliphatic heterocycles. The lowest BCUT2D eigenvalue weighted by Gasteiger charge is -2.26. The summed E-state index contributed by atoms with van der Waals surface area (Å²) in [5.74, 6) is -0.226. The standard InChI is InChI=1S/C17H16ClFN2S/c1-11-2-4-12(5-3-11)15-10-16(22-17(20)21(15)18)13-6-8-14(19)9-7-13/h2-9,15-16,20H,10H2,1H3/p+1/t15-,16+/m0/s1. The van der Waals surface area contributed by atoms with Crippen LogP contribution in [0, 0.1) is 12.7 Å². The van der Waals surface area contributed by atoms with Crippen molar-refractivity contribution in [3.05, 3.63) is 71.0 Å². The van der Waals surface area contributed by atoms with Gasteiger partial charge >= 0.3 is 5.17 Å². The topological polar surface area (TPSA) is 29.0 Å².